The molecule has 278 valence electrons. The normalized spacial score (nSPS) is 16.1. The molecule has 0 spiro atoms. The Balaban J connectivity index is 1.54. The molecule has 7 rings (SSSR count). The van der Waals surface area contributed by atoms with Gasteiger partial charge in [0, 0.05) is 5.04 Å². The number of hydrogen-bond acceptors (Lipinski definition) is 0. The standard InChI is InChI=1S/C54H58Si/c1-36(2)42-20-26-45(27-21-42)48-14-11-17-51(32-48)55(54(10)35-39(7)40(8)41(54)9,52-18-12-15-49(33-52)46-28-22-43(23-29-46)37(3)4)53-19-13-16-50(34-53)47-30-24-44(25-31-47)38(5)6/h11-38H,1-10H3. The van der Waals surface area contributed by atoms with Crippen LogP contribution < -0.4 is 15.6 Å². The lowest BCUT2D eigenvalue weighted by atomic mass is 9.99. The molecule has 0 heterocycles. The van der Waals surface area contributed by atoms with Crippen LogP contribution in [0.25, 0.3) is 33.4 Å². The van der Waals surface area contributed by atoms with Gasteiger partial charge in [0.05, 0.1) is 0 Å². The van der Waals surface area contributed by atoms with Crippen molar-refractivity contribution in [3.8, 4) is 33.4 Å². The van der Waals surface area contributed by atoms with Crippen molar-refractivity contribution in [1.29, 1.82) is 0 Å². The molecule has 0 N–H and O–H groups in total. The topological polar surface area (TPSA) is 0 Å². The van der Waals surface area contributed by atoms with Gasteiger partial charge in [-0.3, -0.25) is 0 Å². The van der Waals surface area contributed by atoms with Crippen molar-refractivity contribution in [2.45, 2.75) is 92.0 Å². The van der Waals surface area contributed by atoms with Crippen LogP contribution >= 0.6 is 0 Å². The maximum atomic E-state index is 2.63. The molecular weight excluding hydrogens is 677 g/mol. The monoisotopic (exact) mass is 734 g/mol. The average molecular weight is 735 g/mol. The van der Waals surface area contributed by atoms with E-state index >= 15 is 0 Å². The second-order valence-corrected chi connectivity index (χ2v) is 21.4. The smallest absolute Gasteiger partial charge is 0.0730 e. The molecule has 0 amide bonds. The van der Waals surface area contributed by atoms with Gasteiger partial charge in [0.2, 0.25) is 0 Å². The Morgan fingerprint density at radius 2 is 0.709 bits per heavy atom. The molecule has 6 aromatic carbocycles. The van der Waals surface area contributed by atoms with Crippen LogP contribution in [0.3, 0.4) is 0 Å². The van der Waals surface area contributed by atoms with Gasteiger partial charge in [-0.25, -0.2) is 0 Å². The zero-order chi connectivity index (χ0) is 39.1. The van der Waals surface area contributed by atoms with Gasteiger partial charge < -0.3 is 0 Å². The van der Waals surface area contributed by atoms with Crippen LogP contribution in [-0.2, 0) is 0 Å². The average Bonchev–Trinajstić information content (AvgIpc) is 3.40. The highest BCUT2D eigenvalue weighted by Crippen LogP contribution is 2.53. The van der Waals surface area contributed by atoms with Gasteiger partial charge in [0.15, 0.2) is 8.07 Å². The van der Waals surface area contributed by atoms with Crippen LogP contribution in [0.4, 0.5) is 0 Å². The molecule has 1 unspecified atom stereocenters. The molecule has 1 aliphatic carbocycles. The van der Waals surface area contributed by atoms with Gasteiger partial charge in [0.1, 0.15) is 0 Å². The molecule has 55 heavy (non-hydrogen) atoms. The molecule has 0 saturated heterocycles. The molecular formula is C54H58Si. The van der Waals surface area contributed by atoms with Crippen molar-refractivity contribution < 1.29 is 0 Å². The van der Waals surface area contributed by atoms with E-state index in [9.17, 15) is 0 Å². The highest BCUT2D eigenvalue weighted by Gasteiger charge is 2.56. The lowest BCUT2D eigenvalue weighted by Gasteiger charge is -2.47. The summed E-state index contributed by atoms with van der Waals surface area (Å²) in [5, 5.41) is 4.05. The van der Waals surface area contributed by atoms with Crippen molar-refractivity contribution in [1.82, 2.24) is 0 Å². The van der Waals surface area contributed by atoms with Crippen LogP contribution in [0.1, 0.15) is 104 Å². The van der Waals surface area contributed by atoms with Gasteiger partial charge in [-0.15, -0.1) is 0 Å². The first kappa shape index (κ1) is 38.3. The Kier molecular flexibility index (Phi) is 10.6. The minimum absolute atomic E-state index is 0.235. The Labute approximate surface area is 332 Å². The number of allylic oxidation sites excluding steroid dienone is 4. The number of hydrogen-bond donors (Lipinski definition) is 0. The van der Waals surface area contributed by atoms with Gasteiger partial charge in [-0.1, -0.05) is 211 Å². The van der Waals surface area contributed by atoms with Crippen LogP contribution in [0.2, 0.25) is 5.04 Å². The molecule has 6 aromatic rings. The predicted octanol–water partition coefficient (Wildman–Crippen LogP) is 13.6. The maximum absolute atomic E-state index is 2.98. The van der Waals surface area contributed by atoms with E-state index < -0.39 is 8.07 Å². The van der Waals surface area contributed by atoms with E-state index in [0.29, 0.717) is 17.8 Å². The van der Waals surface area contributed by atoms with Crippen LogP contribution in [0, 0.1) is 0 Å². The molecule has 0 radical (unpaired) electrons. The van der Waals surface area contributed by atoms with Gasteiger partial charge in [-0.05, 0) is 110 Å². The minimum atomic E-state index is -2.98. The molecule has 0 saturated carbocycles. The zero-order valence-corrected chi connectivity index (χ0v) is 35.7. The van der Waals surface area contributed by atoms with E-state index in [2.05, 4.69) is 221 Å². The van der Waals surface area contributed by atoms with Gasteiger partial charge in [0.25, 0.3) is 0 Å². The van der Waals surface area contributed by atoms with Crippen LogP contribution in [0.5, 0.6) is 0 Å². The quantitative estimate of drug-likeness (QED) is 0.0971. The number of rotatable bonds is 10. The Bertz CT molecular complexity index is 2140. The molecule has 0 nitrogen and oxygen atoms in total. The van der Waals surface area contributed by atoms with E-state index in [1.807, 2.05) is 0 Å². The summed E-state index contributed by atoms with van der Waals surface area (Å²) in [6.45, 7) is 23.2. The zero-order valence-electron chi connectivity index (χ0n) is 34.7. The van der Waals surface area contributed by atoms with E-state index in [1.54, 1.807) is 0 Å². The Hall–Kier alpha value is -4.98. The van der Waals surface area contributed by atoms with Crippen molar-refractivity contribution in [2.75, 3.05) is 0 Å². The third-order valence-electron chi connectivity index (χ3n) is 12.8. The first-order chi connectivity index (χ1) is 26.3. The van der Waals surface area contributed by atoms with Crippen molar-refractivity contribution in [2.24, 2.45) is 0 Å². The lowest BCUT2D eigenvalue weighted by Crippen LogP contribution is -2.73. The predicted molar refractivity (Wildman–Crippen MR) is 243 cm³/mol. The number of benzene rings is 6. The van der Waals surface area contributed by atoms with Crippen LogP contribution in [-0.4, -0.2) is 8.07 Å². The van der Waals surface area contributed by atoms with Gasteiger partial charge >= 0.3 is 0 Å². The fourth-order valence-electron chi connectivity index (χ4n) is 9.10. The summed E-state index contributed by atoms with van der Waals surface area (Å²) in [5.74, 6) is 1.50. The summed E-state index contributed by atoms with van der Waals surface area (Å²) in [7, 11) is -2.98. The Morgan fingerprint density at radius 3 is 0.964 bits per heavy atom. The summed E-state index contributed by atoms with van der Waals surface area (Å²) in [6, 6.07) is 56.5. The second kappa shape index (κ2) is 15.3. The largest absolute Gasteiger partial charge is 0.161 e. The fourth-order valence-corrected chi connectivity index (χ4v) is 15.2. The maximum Gasteiger partial charge on any atom is 0.161 e. The van der Waals surface area contributed by atoms with Crippen molar-refractivity contribution in [3.63, 3.8) is 0 Å². The molecule has 1 heteroatoms. The molecule has 0 bridgehead atoms. The molecule has 0 fully saturated rings. The van der Waals surface area contributed by atoms with E-state index in [1.165, 1.54) is 82.4 Å². The Morgan fingerprint density at radius 1 is 0.400 bits per heavy atom. The van der Waals surface area contributed by atoms with Crippen LogP contribution in [0.15, 0.2) is 168 Å². The summed E-state index contributed by atoms with van der Waals surface area (Å²) in [6.07, 6.45) is 2.63. The van der Waals surface area contributed by atoms with Gasteiger partial charge in [-0.2, -0.15) is 0 Å². The van der Waals surface area contributed by atoms with E-state index in [-0.39, 0.29) is 5.04 Å². The summed E-state index contributed by atoms with van der Waals surface area (Å²) >= 11 is 0. The third-order valence-corrected chi connectivity index (χ3v) is 18.4. The lowest BCUT2D eigenvalue weighted by molar-refractivity contribution is 0.867. The molecule has 1 atom stereocenters. The molecule has 0 aliphatic heterocycles. The molecule has 0 aromatic heterocycles. The molecule has 1 aliphatic rings. The minimum Gasteiger partial charge on any atom is -0.0730 e. The SMILES string of the molecule is CC1=CC(C)([Si](c2cccc(-c3ccc(C(C)C)cc3)c2)(c2cccc(-c3ccc(C(C)C)cc3)c2)c2cccc(-c3ccc(C(C)C)cc3)c2)C(C)=C1C. The second-order valence-electron chi connectivity index (χ2n) is 17.1. The van der Waals surface area contributed by atoms with Crippen molar-refractivity contribution in [3.05, 3.63) is 185 Å². The summed E-state index contributed by atoms with van der Waals surface area (Å²) in [5.41, 5.74) is 16.0. The van der Waals surface area contributed by atoms with E-state index in [0.717, 1.165) is 0 Å². The van der Waals surface area contributed by atoms with E-state index in [4.69, 9.17) is 0 Å². The first-order valence-corrected chi connectivity index (χ1v) is 22.3. The fraction of sp³-hybridized carbons (Fsp3) is 0.259. The highest BCUT2D eigenvalue weighted by molar-refractivity contribution is 7.14. The third kappa shape index (κ3) is 6.93. The summed E-state index contributed by atoms with van der Waals surface area (Å²) < 4.78 is 0. The van der Waals surface area contributed by atoms with Crippen molar-refractivity contribution >= 4 is 23.6 Å². The summed E-state index contributed by atoms with van der Waals surface area (Å²) in [4.78, 5) is 0. The highest BCUT2D eigenvalue weighted by atomic mass is 28.3. The first-order valence-electron chi connectivity index (χ1n) is 20.3.